The molecular formula is C21H26N2O2. The number of carbonyl (C=O) groups is 1. The van der Waals surface area contributed by atoms with Crippen LogP contribution >= 0.6 is 0 Å². The number of fused-ring (bicyclic) bond motifs is 1. The minimum absolute atomic E-state index is 0.0992. The standard InChI is InChI=1S/C21H26N2O2/c1-14(2)17-11-18-16(12-25-19(18)9-15(17)3)10-20(24)23-21(13-22)7-5-4-6-8-21/h9,11-12,14H,4-8,10H2,1-3H3,(H,23,24). The van der Waals surface area contributed by atoms with Crippen LogP contribution in [0, 0.1) is 18.3 Å². The molecule has 0 aliphatic heterocycles. The van der Waals surface area contributed by atoms with E-state index in [4.69, 9.17) is 4.42 Å². The molecule has 1 fully saturated rings. The summed E-state index contributed by atoms with van der Waals surface area (Å²) in [6.07, 6.45) is 6.56. The number of benzene rings is 1. The van der Waals surface area contributed by atoms with Crippen LogP contribution in [0.3, 0.4) is 0 Å². The summed E-state index contributed by atoms with van der Waals surface area (Å²) in [6.45, 7) is 6.42. The lowest BCUT2D eigenvalue weighted by Gasteiger charge is -2.31. The quantitative estimate of drug-likeness (QED) is 0.875. The zero-order valence-corrected chi connectivity index (χ0v) is 15.3. The van der Waals surface area contributed by atoms with Crippen LogP contribution in [-0.2, 0) is 11.2 Å². The van der Waals surface area contributed by atoms with E-state index in [1.807, 2.05) is 6.07 Å². The molecule has 0 radical (unpaired) electrons. The summed E-state index contributed by atoms with van der Waals surface area (Å²) in [5, 5.41) is 13.5. The first kappa shape index (κ1) is 17.5. The first-order valence-electron chi connectivity index (χ1n) is 9.17. The van der Waals surface area contributed by atoms with E-state index in [-0.39, 0.29) is 12.3 Å². The van der Waals surface area contributed by atoms with Gasteiger partial charge < -0.3 is 9.73 Å². The van der Waals surface area contributed by atoms with Crippen LogP contribution in [0.25, 0.3) is 11.0 Å². The van der Waals surface area contributed by atoms with Gasteiger partial charge in [0.25, 0.3) is 0 Å². The number of carbonyl (C=O) groups excluding carboxylic acids is 1. The molecule has 0 unspecified atom stereocenters. The van der Waals surface area contributed by atoms with Crippen molar-refractivity contribution in [3.8, 4) is 6.07 Å². The Bertz CT molecular complexity index is 820. The molecule has 2 aromatic rings. The Morgan fingerprint density at radius 2 is 2.04 bits per heavy atom. The smallest absolute Gasteiger partial charge is 0.225 e. The fourth-order valence-corrected chi connectivity index (χ4v) is 3.91. The largest absolute Gasteiger partial charge is 0.464 e. The molecule has 0 atom stereocenters. The van der Waals surface area contributed by atoms with Gasteiger partial charge in [-0.25, -0.2) is 0 Å². The number of hydrogen-bond acceptors (Lipinski definition) is 3. The molecule has 0 saturated heterocycles. The Hall–Kier alpha value is -2.28. The third kappa shape index (κ3) is 3.56. The molecule has 1 N–H and O–H groups in total. The first-order chi connectivity index (χ1) is 11.9. The Kier molecular flexibility index (Phi) is 4.85. The third-order valence-electron chi connectivity index (χ3n) is 5.32. The maximum Gasteiger partial charge on any atom is 0.225 e. The number of rotatable bonds is 4. The molecule has 3 rings (SSSR count). The van der Waals surface area contributed by atoms with Crippen molar-refractivity contribution in [2.75, 3.05) is 0 Å². The highest BCUT2D eigenvalue weighted by molar-refractivity contribution is 5.89. The van der Waals surface area contributed by atoms with Crippen molar-refractivity contribution in [1.29, 1.82) is 5.26 Å². The number of nitrogens with zero attached hydrogens (tertiary/aromatic N) is 1. The van der Waals surface area contributed by atoms with Crippen LogP contribution in [0.2, 0.25) is 0 Å². The second-order valence-electron chi connectivity index (χ2n) is 7.60. The molecular weight excluding hydrogens is 312 g/mol. The molecule has 4 heteroatoms. The predicted octanol–water partition coefficient (Wildman–Crippen LogP) is 4.75. The Labute approximate surface area is 149 Å². The van der Waals surface area contributed by atoms with Crippen LogP contribution in [0.4, 0.5) is 0 Å². The van der Waals surface area contributed by atoms with Crippen LogP contribution in [0.5, 0.6) is 0 Å². The van der Waals surface area contributed by atoms with E-state index in [0.29, 0.717) is 5.92 Å². The number of furan rings is 1. The summed E-state index contributed by atoms with van der Waals surface area (Å²) < 4.78 is 5.66. The van der Waals surface area contributed by atoms with Crippen LogP contribution in [0.15, 0.2) is 22.8 Å². The molecule has 1 aromatic heterocycles. The zero-order valence-electron chi connectivity index (χ0n) is 15.3. The molecule has 4 nitrogen and oxygen atoms in total. The summed E-state index contributed by atoms with van der Waals surface area (Å²) in [6, 6.07) is 6.53. The topological polar surface area (TPSA) is 66.0 Å². The average Bonchev–Trinajstić information content (AvgIpc) is 2.96. The number of aryl methyl sites for hydroxylation is 1. The Balaban J connectivity index is 1.81. The van der Waals surface area contributed by atoms with Crippen LogP contribution in [0.1, 0.15) is 68.6 Å². The van der Waals surface area contributed by atoms with E-state index < -0.39 is 5.54 Å². The van der Waals surface area contributed by atoms with E-state index >= 15 is 0 Å². The van der Waals surface area contributed by atoms with Gasteiger partial charge >= 0.3 is 0 Å². The zero-order chi connectivity index (χ0) is 18.0. The van der Waals surface area contributed by atoms with E-state index in [1.165, 1.54) is 11.1 Å². The summed E-state index contributed by atoms with van der Waals surface area (Å²) in [7, 11) is 0. The molecule has 1 saturated carbocycles. The average molecular weight is 338 g/mol. The highest BCUT2D eigenvalue weighted by atomic mass is 16.3. The second-order valence-corrected chi connectivity index (χ2v) is 7.60. The maximum atomic E-state index is 12.6. The van der Waals surface area contributed by atoms with Crippen molar-refractivity contribution < 1.29 is 9.21 Å². The minimum Gasteiger partial charge on any atom is -0.464 e. The number of amides is 1. The number of nitrogens with one attached hydrogen (secondary N) is 1. The minimum atomic E-state index is -0.686. The lowest BCUT2D eigenvalue weighted by Crippen LogP contribution is -2.49. The molecule has 1 aliphatic rings. The Morgan fingerprint density at radius 1 is 1.32 bits per heavy atom. The lowest BCUT2D eigenvalue weighted by atomic mass is 9.82. The fraction of sp³-hybridized carbons (Fsp3) is 0.524. The van der Waals surface area contributed by atoms with Gasteiger partial charge in [-0.2, -0.15) is 5.26 Å². The predicted molar refractivity (Wildman–Crippen MR) is 98.3 cm³/mol. The van der Waals surface area contributed by atoms with Crippen molar-refractivity contribution in [3.05, 3.63) is 35.1 Å². The van der Waals surface area contributed by atoms with E-state index in [9.17, 15) is 10.1 Å². The molecule has 1 aliphatic carbocycles. The van der Waals surface area contributed by atoms with Crippen molar-refractivity contribution in [2.24, 2.45) is 0 Å². The molecule has 1 amide bonds. The van der Waals surface area contributed by atoms with Gasteiger partial charge in [0.15, 0.2) is 0 Å². The monoisotopic (exact) mass is 338 g/mol. The highest BCUT2D eigenvalue weighted by Gasteiger charge is 2.33. The second kappa shape index (κ2) is 6.92. The van der Waals surface area contributed by atoms with Gasteiger partial charge in [-0.3, -0.25) is 4.79 Å². The molecule has 1 heterocycles. The summed E-state index contributed by atoms with van der Waals surface area (Å²) in [5.41, 5.74) is 3.50. The van der Waals surface area contributed by atoms with E-state index in [2.05, 4.69) is 38.2 Å². The molecule has 132 valence electrons. The lowest BCUT2D eigenvalue weighted by molar-refractivity contribution is -0.122. The van der Waals surface area contributed by atoms with Crippen molar-refractivity contribution in [3.63, 3.8) is 0 Å². The van der Waals surface area contributed by atoms with Gasteiger partial charge in [0, 0.05) is 10.9 Å². The van der Waals surface area contributed by atoms with Gasteiger partial charge in [0.1, 0.15) is 11.1 Å². The third-order valence-corrected chi connectivity index (χ3v) is 5.32. The van der Waals surface area contributed by atoms with Crippen molar-refractivity contribution in [2.45, 2.75) is 70.8 Å². The normalized spacial score (nSPS) is 16.8. The molecule has 25 heavy (non-hydrogen) atoms. The van der Waals surface area contributed by atoms with Crippen LogP contribution in [-0.4, -0.2) is 11.4 Å². The fourth-order valence-electron chi connectivity index (χ4n) is 3.91. The Morgan fingerprint density at radius 3 is 2.68 bits per heavy atom. The van der Waals surface area contributed by atoms with Gasteiger partial charge in [0.05, 0.1) is 18.8 Å². The maximum absolute atomic E-state index is 12.6. The number of nitriles is 1. The van der Waals surface area contributed by atoms with Crippen molar-refractivity contribution in [1.82, 2.24) is 5.32 Å². The highest BCUT2D eigenvalue weighted by Crippen LogP contribution is 2.30. The van der Waals surface area contributed by atoms with Crippen molar-refractivity contribution >= 4 is 16.9 Å². The van der Waals surface area contributed by atoms with E-state index in [0.717, 1.165) is 48.6 Å². The van der Waals surface area contributed by atoms with Gasteiger partial charge in [-0.05, 0) is 48.9 Å². The van der Waals surface area contributed by atoms with Gasteiger partial charge in [0.2, 0.25) is 5.91 Å². The van der Waals surface area contributed by atoms with E-state index in [1.54, 1.807) is 6.26 Å². The summed E-state index contributed by atoms with van der Waals surface area (Å²) in [5.74, 6) is 0.322. The molecule has 0 spiro atoms. The molecule has 0 bridgehead atoms. The molecule has 1 aromatic carbocycles. The van der Waals surface area contributed by atoms with Gasteiger partial charge in [-0.1, -0.05) is 33.1 Å². The summed E-state index contributed by atoms with van der Waals surface area (Å²) in [4.78, 5) is 12.6. The van der Waals surface area contributed by atoms with Gasteiger partial charge in [-0.15, -0.1) is 0 Å². The summed E-state index contributed by atoms with van der Waals surface area (Å²) >= 11 is 0. The SMILES string of the molecule is Cc1cc2occ(CC(=O)NC3(C#N)CCCCC3)c2cc1C(C)C. The number of hydrogen-bond donors (Lipinski definition) is 1. The first-order valence-corrected chi connectivity index (χ1v) is 9.17. The van der Waals surface area contributed by atoms with Crippen LogP contribution < -0.4 is 5.32 Å².